The fourth-order valence-electron chi connectivity index (χ4n) is 4.22. The molecule has 0 amide bonds. The first kappa shape index (κ1) is 26.2. The molecule has 0 spiro atoms. The minimum atomic E-state index is -0.258. The number of allylic oxidation sites excluding steroid dienone is 4. The van der Waals surface area contributed by atoms with E-state index in [2.05, 4.69) is 85.8 Å². The van der Waals surface area contributed by atoms with Gasteiger partial charge >= 0.3 is 103 Å². The Morgan fingerprint density at radius 1 is 0.824 bits per heavy atom. The van der Waals surface area contributed by atoms with Crippen molar-refractivity contribution in [3.8, 4) is 5.75 Å². The summed E-state index contributed by atoms with van der Waals surface area (Å²) in [5, 5.41) is 10.1. The van der Waals surface area contributed by atoms with Crippen LogP contribution in [0.4, 0.5) is 5.69 Å². The van der Waals surface area contributed by atoms with E-state index in [-0.39, 0.29) is 23.2 Å². The quantitative estimate of drug-likeness (QED) is 0.305. The molecule has 0 aromatic heterocycles. The number of phenolic OH excluding ortho intramolecular Hbond substituents is 1. The van der Waals surface area contributed by atoms with Gasteiger partial charge in [0.25, 0.3) is 0 Å². The van der Waals surface area contributed by atoms with Crippen LogP contribution in [0.5, 0.6) is 5.75 Å². The van der Waals surface area contributed by atoms with Gasteiger partial charge in [-0.2, -0.15) is 0 Å². The van der Waals surface area contributed by atoms with E-state index in [0.29, 0.717) is 5.75 Å². The van der Waals surface area contributed by atoms with Crippen LogP contribution >= 0.6 is 0 Å². The summed E-state index contributed by atoms with van der Waals surface area (Å²) in [5.74, 6) is 0.358. The van der Waals surface area contributed by atoms with Gasteiger partial charge in [0.05, 0.1) is 5.69 Å². The van der Waals surface area contributed by atoms with Crippen molar-refractivity contribution in [3.05, 3.63) is 113 Å². The molecule has 4 rings (SSSR count). The Balaban J connectivity index is 0.000000196. The van der Waals surface area contributed by atoms with Crippen molar-refractivity contribution in [1.29, 1.82) is 0 Å². The molecule has 1 N–H and O–H groups in total. The maximum absolute atomic E-state index is 10.1. The van der Waals surface area contributed by atoms with Crippen LogP contribution < -0.4 is 4.90 Å². The molecule has 0 unspecified atom stereocenters. The summed E-state index contributed by atoms with van der Waals surface area (Å²) in [6, 6.07) is 27.5. The van der Waals surface area contributed by atoms with Crippen LogP contribution in [0.15, 0.2) is 96.6 Å². The van der Waals surface area contributed by atoms with Crippen LogP contribution in [0.3, 0.4) is 0 Å². The topological polar surface area (TPSA) is 23.5 Å². The molecular weight excluding hydrogens is 494 g/mol. The SMILES string of the molecule is CCCCC1=C(c2cccc(O)c2N(C)C)CC=C1.c1ccc([CH2][Zr][CH2]c2ccccc2)cc1. The van der Waals surface area contributed by atoms with Crippen LogP contribution in [0, 0.1) is 0 Å². The molecule has 0 radical (unpaired) electrons. The minimum absolute atomic E-state index is 0.258. The van der Waals surface area contributed by atoms with Crippen LogP contribution in [0.1, 0.15) is 49.3 Å². The fourth-order valence-corrected chi connectivity index (χ4v) is 7.11. The third-order valence-electron chi connectivity index (χ3n) is 5.96. The second-order valence-corrected chi connectivity index (χ2v) is 11.8. The standard InChI is InChI=1S/C17H23NO.2C7H7.Zr/c1-4-5-8-13-9-6-10-14(13)15-11-7-12-16(19)17(15)18(2)3;2*1-7-5-3-2-4-6-7;/h6-7,9,11-12,19H,4-5,8,10H2,1-3H3;2*2-6H,1H2;. The summed E-state index contributed by atoms with van der Waals surface area (Å²) in [6.45, 7) is 2.22. The molecule has 0 saturated heterocycles. The van der Waals surface area contributed by atoms with Gasteiger partial charge in [-0.1, -0.05) is 37.6 Å². The number of phenols is 1. The zero-order valence-electron chi connectivity index (χ0n) is 20.8. The molecule has 0 bridgehead atoms. The van der Waals surface area contributed by atoms with Crippen molar-refractivity contribution < 1.29 is 28.3 Å². The van der Waals surface area contributed by atoms with E-state index < -0.39 is 0 Å². The number of rotatable bonds is 9. The van der Waals surface area contributed by atoms with E-state index in [1.54, 1.807) is 6.07 Å². The number of para-hydroxylation sites is 1. The Morgan fingerprint density at radius 3 is 2.00 bits per heavy atom. The Bertz CT molecular complexity index is 1030. The molecule has 3 aromatic carbocycles. The van der Waals surface area contributed by atoms with Crippen LogP contribution in [-0.2, 0) is 31.5 Å². The molecule has 1 aliphatic carbocycles. The van der Waals surface area contributed by atoms with Gasteiger partial charge in [0.2, 0.25) is 0 Å². The molecule has 0 fully saturated rings. The van der Waals surface area contributed by atoms with Gasteiger partial charge in [-0.05, 0) is 36.5 Å². The average molecular weight is 531 g/mol. The molecule has 0 aliphatic heterocycles. The first-order chi connectivity index (χ1) is 16.6. The summed E-state index contributed by atoms with van der Waals surface area (Å²) < 4.78 is 2.69. The van der Waals surface area contributed by atoms with E-state index in [0.717, 1.165) is 18.5 Å². The predicted molar refractivity (Wildman–Crippen MR) is 143 cm³/mol. The number of hydrogen-bond acceptors (Lipinski definition) is 2. The molecule has 2 nitrogen and oxygen atoms in total. The van der Waals surface area contributed by atoms with Gasteiger partial charge in [0, 0.05) is 19.7 Å². The normalized spacial score (nSPS) is 12.3. The molecule has 1 aliphatic rings. The van der Waals surface area contributed by atoms with Crippen molar-refractivity contribution >= 4 is 11.3 Å². The summed E-state index contributed by atoms with van der Waals surface area (Å²) >= 11 is -0.258. The third-order valence-corrected chi connectivity index (χ3v) is 9.20. The fraction of sp³-hybridized carbons (Fsp3) is 0.290. The third kappa shape index (κ3) is 7.84. The Labute approximate surface area is 217 Å². The van der Waals surface area contributed by atoms with Gasteiger partial charge in [-0.25, -0.2) is 0 Å². The van der Waals surface area contributed by atoms with E-state index in [4.69, 9.17) is 0 Å². The molecule has 34 heavy (non-hydrogen) atoms. The van der Waals surface area contributed by atoms with Gasteiger partial charge in [0.1, 0.15) is 5.75 Å². The molecule has 3 aromatic rings. The number of aromatic hydroxyl groups is 1. The van der Waals surface area contributed by atoms with Gasteiger partial charge in [0.15, 0.2) is 0 Å². The van der Waals surface area contributed by atoms with Crippen molar-refractivity contribution in [2.45, 2.75) is 40.9 Å². The molecular formula is C31H37NOZr. The average Bonchev–Trinajstić information content (AvgIpc) is 3.32. The molecule has 176 valence electrons. The number of hydrogen-bond donors (Lipinski definition) is 1. The van der Waals surface area contributed by atoms with Crippen molar-refractivity contribution in [2.75, 3.05) is 19.0 Å². The molecule has 0 saturated carbocycles. The van der Waals surface area contributed by atoms with Crippen LogP contribution in [-0.4, -0.2) is 19.2 Å². The van der Waals surface area contributed by atoms with E-state index >= 15 is 0 Å². The van der Waals surface area contributed by atoms with Crippen molar-refractivity contribution in [1.82, 2.24) is 0 Å². The second-order valence-electron chi connectivity index (χ2n) is 8.86. The summed E-state index contributed by atoms with van der Waals surface area (Å²) in [6.07, 6.45) is 9.01. The van der Waals surface area contributed by atoms with Gasteiger partial charge < -0.3 is 10.0 Å². The number of anilines is 1. The Hall–Kier alpha value is -2.38. The summed E-state index contributed by atoms with van der Waals surface area (Å²) in [4.78, 5) is 1.99. The van der Waals surface area contributed by atoms with Crippen molar-refractivity contribution in [2.24, 2.45) is 0 Å². The first-order valence-electron chi connectivity index (χ1n) is 12.3. The first-order valence-corrected chi connectivity index (χ1v) is 15.7. The Morgan fingerprint density at radius 2 is 1.44 bits per heavy atom. The second kappa shape index (κ2) is 14.1. The number of nitrogens with zero attached hydrogens (tertiary/aromatic N) is 1. The number of benzene rings is 3. The van der Waals surface area contributed by atoms with Crippen LogP contribution in [0.2, 0.25) is 0 Å². The van der Waals surface area contributed by atoms with Gasteiger partial charge in [-0.3, -0.25) is 0 Å². The zero-order chi connectivity index (χ0) is 24.2. The van der Waals surface area contributed by atoms with E-state index in [9.17, 15) is 5.11 Å². The Kier molecular flexibility index (Phi) is 10.9. The van der Waals surface area contributed by atoms with Crippen molar-refractivity contribution in [3.63, 3.8) is 0 Å². The molecule has 0 heterocycles. The maximum atomic E-state index is 10.1. The predicted octanol–water partition coefficient (Wildman–Crippen LogP) is 7.83. The van der Waals surface area contributed by atoms with E-state index in [1.165, 1.54) is 48.9 Å². The monoisotopic (exact) mass is 529 g/mol. The number of unbranched alkanes of at least 4 members (excludes halogenated alkanes) is 1. The summed E-state index contributed by atoms with van der Waals surface area (Å²) in [5.41, 5.74) is 7.92. The van der Waals surface area contributed by atoms with Crippen LogP contribution in [0.25, 0.3) is 5.57 Å². The van der Waals surface area contributed by atoms with Gasteiger partial charge in [-0.15, -0.1) is 0 Å². The summed E-state index contributed by atoms with van der Waals surface area (Å²) in [7, 11) is 3.96. The van der Waals surface area contributed by atoms with E-state index in [1.807, 2.05) is 25.1 Å². The zero-order valence-corrected chi connectivity index (χ0v) is 23.3. The molecule has 0 atom stereocenters. The molecule has 3 heteroatoms.